The van der Waals surface area contributed by atoms with Gasteiger partial charge in [-0.2, -0.15) is 0 Å². The molecule has 2 aromatic rings. The van der Waals surface area contributed by atoms with E-state index in [2.05, 4.69) is 25.6 Å². The maximum atomic E-state index is 12.8. The lowest BCUT2D eigenvalue weighted by Crippen LogP contribution is -2.48. The number of nitrogens with one attached hydrogen (secondary N) is 1. The van der Waals surface area contributed by atoms with Crippen molar-refractivity contribution in [3.8, 4) is 0 Å². The zero-order valence-corrected chi connectivity index (χ0v) is 17.0. The Balaban J connectivity index is 1.86. The van der Waals surface area contributed by atoms with Crippen molar-refractivity contribution in [2.45, 2.75) is 23.9 Å². The summed E-state index contributed by atoms with van der Waals surface area (Å²) in [5.41, 5.74) is 1.10. The van der Waals surface area contributed by atoms with E-state index in [1.807, 2.05) is 43.3 Å². The fraction of sp³-hybridized carbons (Fsp3) is 0.368. The van der Waals surface area contributed by atoms with Crippen molar-refractivity contribution < 1.29 is 13.2 Å². The zero-order valence-electron chi connectivity index (χ0n) is 14.6. The molecule has 1 aliphatic heterocycles. The van der Waals surface area contributed by atoms with E-state index in [-0.39, 0.29) is 17.0 Å². The van der Waals surface area contributed by atoms with E-state index in [1.54, 1.807) is 18.2 Å². The highest BCUT2D eigenvalue weighted by Crippen LogP contribution is 2.27. The Morgan fingerprint density at radius 1 is 1.08 bits per heavy atom. The Bertz CT molecular complexity index is 824. The Kier molecular flexibility index (Phi) is 6.47. The summed E-state index contributed by atoms with van der Waals surface area (Å²) in [6.45, 7) is 4.80. The molecule has 3 rings (SSSR count). The SMILES string of the molecule is C[C@@H](NS(=O)(=O)c1cccc(Br)c1)[C@H](c1ccccc1)N1CCOCC1. The lowest BCUT2D eigenvalue weighted by atomic mass is 9.99. The minimum absolute atomic E-state index is 0.0537. The Labute approximate surface area is 163 Å². The highest BCUT2D eigenvalue weighted by molar-refractivity contribution is 9.10. The number of halogens is 1. The Hall–Kier alpha value is -1.25. The average Bonchev–Trinajstić information content (AvgIpc) is 2.63. The lowest BCUT2D eigenvalue weighted by Gasteiger charge is -2.38. The van der Waals surface area contributed by atoms with Gasteiger partial charge in [0.2, 0.25) is 10.0 Å². The smallest absolute Gasteiger partial charge is 0.240 e. The third kappa shape index (κ3) is 4.72. The second kappa shape index (κ2) is 8.63. The van der Waals surface area contributed by atoms with Gasteiger partial charge in [-0.25, -0.2) is 13.1 Å². The third-order valence-electron chi connectivity index (χ3n) is 4.50. The van der Waals surface area contributed by atoms with Crippen molar-refractivity contribution in [3.63, 3.8) is 0 Å². The van der Waals surface area contributed by atoms with E-state index in [1.165, 1.54) is 0 Å². The molecular formula is C19H23BrN2O3S. The highest BCUT2D eigenvalue weighted by atomic mass is 79.9. The molecule has 2 atom stereocenters. The summed E-state index contributed by atoms with van der Waals surface area (Å²) in [5, 5.41) is 0. The molecule has 0 radical (unpaired) electrons. The summed E-state index contributed by atoms with van der Waals surface area (Å²) < 4.78 is 34.7. The fourth-order valence-corrected chi connectivity index (χ4v) is 5.18. The molecule has 7 heteroatoms. The molecule has 5 nitrogen and oxygen atoms in total. The Morgan fingerprint density at radius 3 is 2.42 bits per heavy atom. The van der Waals surface area contributed by atoms with E-state index in [9.17, 15) is 8.42 Å². The number of sulfonamides is 1. The van der Waals surface area contributed by atoms with Gasteiger partial charge in [-0.3, -0.25) is 4.90 Å². The third-order valence-corrected chi connectivity index (χ3v) is 6.55. The Morgan fingerprint density at radius 2 is 1.77 bits per heavy atom. The molecule has 1 heterocycles. The van der Waals surface area contributed by atoms with Crippen molar-refractivity contribution in [2.24, 2.45) is 0 Å². The first-order chi connectivity index (χ1) is 12.5. The molecule has 0 aliphatic carbocycles. The van der Waals surface area contributed by atoms with E-state index in [4.69, 9.17) is 4.74 Å². The summed E-state index contributed by atoms with van der Waals surface area (Å²) in [6.07, 6.45) is 0. The largest absolute Gasteiger partial charge is 0.379 e. The average molecular weight is 439 g/mol. The van der Waals surface area contributed by atoms with Gasteiger partial charge in [-0.15, -0.1) is 0 Å². The van der Waals surface area contributed by atoms with Crippen LogP contribution in [0.2, 0.25) is 0 Å². The number of rotatable bonds is 6. The zero-order chi connectivity index (χ0) is 18.6. The maximum Gasteiger partial charge on any atom is 0.240 e. The number of hydrogen-bond donors (Lipinski definition) is 1. The van der Waals surface area contributed by atoms with Gasteiger partial charge < -0.3 is 4.74 Å². The predicted octanol–water partition coefficient (Wildman–Crippen LogP) is 3.19. The van der Waals surface area contributed by atoms with Gasteiger partial charge in [0.05, 0.1) is 24.2 Å². The van der Waals surface area contributed by atoms with E-state index < -0.39 is 10.0 Å². The molecule has 1 saturated heterocycles. The maximum absolute atomic E-state index is 12.8. The van der Waals surface area contributed by atoms with E-state index in [0.29, 0.717) is 13.2 Å². The van der Waals surface area contributed by atoms with Crippen molar-refractivity contribution in [2.75, 3.05) is 26.3 Å². The molecule has 0 saturated carbocycles. The first-order valence-electron chi connectivity index (χ1n) is 8.62. The second-order valence-electron chi connectivity index (χ2n) is 6.37. The number of morpholine rings is 1. The van der Waals surface area contributed by atoms with Gasteiger partial charge in [-0.05, 0) is 30.7 Å². The fourth-order valence-electron chi connectivity index (χ4n) is 3.33. The molecule has 140 valence electrons. The quantitative estimate of drug-likeness (QED) is 0.751. The normalized spacial score (nSPS) is 18.4. The minimum Gasteiger partial charge on any atom is -0.379 e. The summed E-state index contributed by atoms with van der Waals surface area (Å²) in [6, 6.07) is 16.4. The highest BCUT2D eigenvalue weighted by Gasteiger charge is 2.30. The summed E-state index contributed by atoms with van der Waals surface area (Å²) in [5.74, 6) is 0. The van der Waals surface area contributed by atoms with Crippen molar-refractivity contribution in [1.29, 1.82) is 0 Å². The number of benzene rings is 2. The van der Waals surface area contributed by atoms with Crippen LogP contribution in [0.25, 0.3) is 0 Å². The van der Waals surface area contributed by atoms with Crippen molar-refractivity contribution in [1.82, 2.24) is 9.62 Å². The molecule has 1 fully saturated rings. The topological polar surface area (TPSA) is 58.6 Å². The molecular weight excluding hydrogens is 416 g/mol. The van der Waals surface area contributed by atoms with Crippen LogP contribution < -0.4 is 4.72 Å². The second-order valence-corrected chi connectivity index (χ2v) is 9.00. The summed E-state index contributed by atoms with van der Waals surface area (Å²) in [4.78, 5) is 2.54. The van der Waals surface area contributed by atoms with Gasteiger partial charge in [0.25, 0.3) is 0 Å². The van der Waals surface area contributed by atoms with Crippen LogP contribution in [0.1, 0.15) is 18.5 Å². The molecule has 0 aromatic heterocycles. The molecule has 0 spiro atoms. The molecule has 26 heavy (non-hydrogen) atoms. The number of nitrogens with zero attached hydrogens (tertiary/aromatic N) is 1. The van der Waals surface area contributed by atoms with Crippen LogP contribution in [-0.2, 0) is 14.8 Å². The molecule has 1 aliphatic rings. The standard InChI is InChI=1S/C19H23BrN2O3S/c1-15(21-26(23,24)18-9-5-8-17(20)14-18)19(16-6-3-2-4-7-16)22-10-12-25-13-11-22/h2-9,14-15,19,21H,10-13H2,1H3/t15-,19-/m1/s1. The minimum atomic E-state index is -3.61. The van der Waals surface area contributed by atoms with E-state index >= 15 is 0 Å². The van der Waals surface area contributed by atoms with Gasteiger partial charge in [0.1, 0.15) is 0 Å². The molecule has 0 amide bonds. The summed E-state index contributed by atoms with van der Waals surface area (Å²) >= 11 is 3.33. The number of ether oxygens (including phenoxy) is 1. The van der Waals surface area contributed by atoms with Gasteiger partial charge in [0, 0.05) is 23.6 Å². The van der Waals surface area contributed by atoms with Crippen LogP contribution in [0.5, 0.6) is 0 Å². The first kappa shape index (κ1) is 19.5. The predicted molar refractivity (Wildman–Crippen MR) is 106 cm³/mol. The first-order valence-corrected chi connectivity index (χ1v) is 10.9. The molecule has 0 bridgehead atoms. The molecule has 2 aromatic carbocycles. The van der Waals surface area contributed by atoms with Gasteiger partial charge in [0.15, 0.2) is 0 Å². The van der Waals surface area contributed by atoms with Crippen LogP contribution in [0, 0.1) is 0 Å². The molecule has 1 N–H and O–H groups in total. The lowest BCUT2D eigenvalue weighted by molar-refractivity contribution is 0.0105. The van der Waals surface area contributed by atoms with Crippen LogP contribution in [0.4, 0.5) is 0 Å². The van der Waals surface area contributed by atoms with Gasteiger partial charge >= 0.3 is 0 Å². The van der Waals surface area contributed by atoms with Gasteiger partial charge in [-0.1, -0.05) is 52.3 Å². The number of hydrogen-bond acceptors (Lipinski definition) is 4. The van der Waals surface area contributed by atoms with Crippen LogP contribution >= 0.6 is 15.9 Å². The van der Waals surface area contributed by atoms with Crippen LogP contribution in [-0.4, -0.2) is 45.7 Å². The van der Waals surface area contributed by atoms with Crippen molar-refractivity contribution in [3.05, 3.63) is 64.6 Å². The molecule has 0 unspecified atom stereocenters. The van der Waals surface area contributed by atoms with Crippen LogP contribution in [0.3, 0.4) is 0 Å². The monoisotopic (exact) mass is 438 g/mol. The van der Waals surface area contributed by atoms with Crippen molar-refractivity contribution >= 4 is 26.0 Å². The van der Waals surface area contributed by atoms with Crippen LogP contribution in [0.15, 0.2) is 64.0 Å². The summed E-state index contributed by atoms with van der Waals surface area (Å²) in [7, 11) is -3.61. The van der Waals surface area contributed by atoms with E-state index in [0.717, 1.165) is 23.1 Å².